The molecular weight excluding hydrogens is 390 g/mol. The molecule has 3 heterocycles. The smallest absolute Gasteiger partial charge is 0.387 e. The van der Waals surface area contributed by atoms with E-state index < -0.39 is 12.5 Å². The van der Waals surface area contributed by atoms with Gasteiger partial charge in [-0.05, 0) is 24.3 Å². The number of ether oxygens (including phenoxy) is 1. The first-order chi connectivity index (χ1) is 13.5. The summed E-state index contributed by atoms with van der Waals surface area (Å²) >= 11 is 4.23. The number of thiol groups is 1. The monoisotopic (exact) mass is 402 g/mol. The second-order valence-electron chi connectivity index (χ2n) is 5.61. The molecule has 2 N–H and O–H groups in total. The van der Waals surface area contributed by atoms with Crippen molar-refractivity contribution in [3.05, 3.63) is 54.6 Å². The highest BCUT2D eigenvalue weighted by molar-refractivity contribution is 7.80. The summed E-state index contributed by atoms with van der Waals surface area (Å²) in [7, 11) is 0. The lowest BCUT2D eigenvalue weighted by atomic mass is 10.1. The number of halogens is 2. The minimum absolute atomic E-state index is 0.0898. The molecule has 0 unspecified atom stereocenters. The fourth-order valence-corrected chi connectivity index (χ4v) is 2.87. The number of anilines is 1. The van der Waals surface area contributed by atoms with Crippen molar-refractivity contribution in [3.63, 3.8) is 0 Å². The fourth-order valence-electron chi connectivity index (χ4n) is 2.67. The number of aromatic nitrogens is 5. The summed E-state index contributed by atoms with van der Waals surface area (Å²) in [6, 6.07) is 6.08. The molecule has 0 saturated heterocycles. The molecule has 0 aliphatic heterocycles. The predicted molar refractivity (Wildman–Crippen MR) is 98.8 cm³/mol. The van der Waals surface area contributed by atoms with Gasteiger partial charge in [0, 0.05) is 29.0 Å². The number of alkyl halides is 2. The third-order valence-electron chi connectivity index (χ3n) is 3.85. The number of H-pyrrole nitrogens is 1. The topological polar surface area (TPSA) is 97.2 Å². The molecule has 3 aromatic heterocycles. The highest BCUT2D eigenvalue weighted by Crippen LogP contribution is 2.36. The molecule has 4 aromatic rings. The van der Waals surface area contributed by atoms with Crippen molar-refractivity contribution in [2.45, 2.75) is 11.5 Å². The molecule has 0 radical (unpaired) electrons. The second kappa shape index (κ2) is 7.27. The molecule has 142 valence electrons. The Kier molecular flexibility index (Phi) is 4.65. The van der Waals surface area contributed by atoms with Gasteiger partial charge in [-0.25, -0.2) is 9.50 Å². The zero-order chi connectivity index (χ0) is 19.7. The first-order valence-electron chi connectivity index (χ1n) is 7.94. The first kappa shape index (κ1) is 17.9. The molecule has 0 spiro atoms. The third-order valence-corrected chi connectivity index (χ3v) is 4.12. The van der Waals surface area contributed by atoms with Crippen LogP contribution in [0.1, 0.15) is 10.4 Å². The number of carbonyl (C=O) groups excluding carboxylic acids is 1. The molecule has 28 heavy (non-hydrogen) atoms. The largest absolute Gasteiger partial charge is 0.434 e. The van der Waals surface area contributed by atoms with Crippen LogP contribution in [0.25, 0.3) is 16.9 Å². The Morgan fingerprint density at radius 2 is 2.21 bits per heavy atom. The Balaban J connectivity index is 1.69. The number of nitrogens with zero attached hydrogens (tertiary/aromatic N) is 4. The van der Waals surface area contributed by atoms with Crippen molar-refractivity contribution in [1.29, 1.82) is 0 Å². The number of hydrogen-bond acceptors (Lipinski definition) is 6. The van der Waals surface area contributed by atoms with Gasteiger partial charge in [0.2, 0.25) is 0 Å². The van der Waals surface area contributed by atoms with Crippen LogP contribution in [0, 0.1) is 0 Å². The third kappa shape index (κ3) is 3.39. The normalized spacial score (nSPS) is 11.1. The van der Waals surface area contributed by atoms with Gasteiger partial charge in [0.15, 0.2) is 5.65 Å². The average Bonchev–Trinajstić information content (AvgIpc) is 3.29. The molecule has 0 atom stereocenters. The van der Waals surface area contributed by atoms with Crippen LogP contribution >= 0.6 is 12.6 Å². The molecule has 1 aromatic carbocycles. The SMILES string of the molecule is O=C(Nc1c[nH]nc1-c1cc(S)ccc1OC(F)F)c1cnn2cccnc12. The maximum Gasteiger partial charge on any atom is 0.387 e. The summed E-state index contributed by atoms with van der Waals surface area (Å²) in [5.41, 5.74) is 1.38. The lowest BCUT2D eigenvalue weighted by Gasteiger charge is -2.11. The molecule has 4 rings (SSSR count). The Bertz CT molecular complexity index is 1160. The maximum atomic E-state index is 12.7. The van der Waals surface area contributed by atoms with E-state index >= 15 is 0 Å². The van der Waals surface area contributed by atoms with Crippen molar-refractivity contribution >= 4 is 29.9 Å². The number of carbonyl (C=O) groups is 1. The van der Waals surface area contributed by atoms with E-state index in [2.05, 4.69) is 43.0 Å². The van der Waals surface area contributed by atoms with E-state index in [1.807, 2.05) is 0 Å². The number of rotatable bonds is 5. The molecule has 0 aliphatic rings. The van der Waals surface area contributed by atoms with Crippen LogP contribution in [0.5, 0.6) is 5.75 Å². The average molecular weight is 402 g/mol. The lowest BCUT2D eigenvalue weighted by Crippen LogP contribution is -2.12. The summed E-state index contributed by atoms with van der Waals surface area (Å²) in [6.07, 6.45) is 6.03. The highest BCUT2D eigenvalue weighted by atomic mass is 32.1. The Hall–Kier alpha value is -3.47. The van der Waals surface area contributed by atoms with E-state index in [9.17, 15) is 13.6 Å². The van der Waals surface area contributed by atoms with E-state index in [1.165, 1.54) is 35.1 Å². The summed E-state index contributed by atoms with van der Waals surface area (Å²) in [5, 5.41) is 13.4. The number of amides is 1. The molecule has 0 bridgehead atoms. The molecular formula is C17H12F2N6O2S. The first-order valence-corrected chi connectivity index (χ1v) is 8.39. The number of benzene rings is 1. The lowest BCUT2D eigenvalue weighted by molar-refractivity contribution is -0.0494. The Morgan fingerprint density at radius 3 is 3.04 bits per heavy atom. The maximum absolute atomic E-state index is 12.7. The molecule has 0 aliphatic carbocycles. The van der Waals surface area contributed by atoms with Gasteiger partial charge in [-0.1, -0.05) is 0 Å². The van der Waals surface area contributed by atoms with Crippen molar-refractivity contribution in [3.8, 4) is 17.0 Å². The summed E-state index contributed by atoms with van der Waals surface area (Å²) in [4.78, 5) is 17.3. The number of fused-ring (bicyclic) bond motifs is 1. The van der Waals surface area contributed by atoms with E-state index in [0.717, 1.165) is 0 Å². The number of aromatic amines is 1. The van der Waals surface area contributed by atoms with Gasteiger partial charge in [0.05, 0.1) is 11.9 Å². The van der Waals surface area contributed by atoms with Crippen molar-refractivity contribution < 1.29 is 18.3 Å². The van der Waals surface area contributed by atoms with Gasteiger partial charge < -0.3 is 10.1 Å². The van der Waals surface area contributed by atoms with Crippen molar-refractivity contribution in [2.75, 3.05) is 5.32 Å². The van der Waals surface area contributed by atoms with Gasteiger partial charge in [0.1, 0.15) is 17.0 Å². The molecule has 0 saturated carbocycles. The number of nitrogens with one attached hydrogen (secondary N) is 2. The molecule has 1 amide bonds. The second-order valence-corrected chi connectivity index (χ2v) is 6.12. The quantitative estimate of drug-likeness (QED) is 0.445. The van der Waals surface area contributed by atoms with Crippen LogP contribution in [0.4, 0.5) is 14.5 Å². The zero-order valence-electron chi connectivity index (χ0n) is 14.0. The summed E-state index contributed by atoms with van der Waals surface area (Å²) in [5.74, 6) is -0.567. The summed E-state index contributed by atoms with van der Waals surface area (Å²) < 4.78 is 31.5. The van der Waals surface area contributed by atoms with Crippen LogP contribution in [0.3, 0.4) is 0 Å². The van der Waals surface area contributed by atoms with Crippen molar-refractivity contribution in [1.82, 2.24) is 24.8 Å². The van der Waals surface area contributed by atoms with Crippen molar-refractivity contribution in [2.24, 2.45) is 0 Å². The molecule has 0 fully saturated rings. The fraction of sp³-hybridized carbons (Fsp3) is 0.0588. The van der Waals surface area contributed by atoms with E-state index in [1.54, 1.807) is 18.5 Å². The van der Waals surface area contributed by atoms with Crippen LogP contribution in [0.15, 0.2) is 53.9 Å². The highest BCUT2D eigenvalue weighted by Gasteiger charge is 2.20. The zero-order valence-corrected chi connectivity index (χ0v) is 14.9. The minimum Gasteiger partial charge on any atom is -0.434 e. The predicted octanol–water partition coefficient (Wildman–Crippen LogP) is 3.26. The summed E-state index contributed by atoms with van der Waals surface area (Å²) in [6.45, 7) is -3.01. The standard InChI is InChI=1S/C17H12F2N6O2S/c18-17(19)27-13-3-2-9(28)6-10(13)14-12(8-21-24-14)23-16(26)11-7-22-25-5-1-4-20-15(11)25/h1-8,17,28H,(H,21,24)(H,23,26). The Morgan fingerprint density at radius 1 is 1.36 bits per heavy atom. The van der Waals surface area contributed by atoms with Crippen LogP contribution < -0.4 is 10.1 Å². The Labute approximate surface area is 162 Å². The van der Waals surface area contributed by atoms with Crippen LogP contribution in [0.2, 0.25) is 0 Å². The molecule has 11 heteroatoms. The van der Waals surface area contributed by atoms with E-state index in [4.69, 9.17) is 0 Å². The minimum atomic E-state index is -3.01. The van der Waals surface area contributed by atoms with E-state index in [0.29, 0.717) is 10.5 Å². The van der Waals surface area contributed by atoms with Gasteiger partial charge in [-0.15, -0.1) is 12.6 Å². The van der Waals surface area contributed by atoms with Gasteiger partial charge in [0.25, 0.3) is 5.91 Å². The van der Waals surface area contributed by atoms with Gasteiger partial charge in [-0.3, -0.25) is 9.89 Å². The van der Waals surface area contributed by atoms with Crippen LogP contribution in [-0.2, 0) is 0 Å². The number of hydrogen-bond donors (Lipinski definition) is 3. The molecule has 8 nitrogen and oxygen atoms in total. The van der Waals surface area contributed by atoms with Gasteiger partial charge in [-0.2, -0.15) is 19.0 Å². The van der Waals surface area contributed by atoms with Crippen LogP contribution in [-0.4, -0.2) is 37.3 Å². The van der Waals surface area contributed by atoms with Gasteiger partial charge >= 0.3 is 6.61 Å². The van der Waals surface area contributed by atoms with E-state index in [-0.39, 0.29) is 28.3 Å².